The number of carbonyl (C=O) groups is 1. The first-order valence-electron chi connectivity index (χ1n) is 10.4. The van der Waals surface area contributed by atoms with Gasteiger partial charge in [0.05, 0.1) is 11.1 Å². The third kappa shape index (κ3) is 3.99. The number of fused-ring (bicyclic) bond motifs is 1. The molecule has 0 spiro atoms. The fraction of sp³-hybridized carbons (Fsp3) is 0.208. The van der Waals surface area contributed by atoms with Crippen molar-refractivity contribution in [2.45, 2.75) is 19.3 Å². The van der Waals surface area contributed by atoms with E-state index in [1.165, 1.54) is 37.1 Å². The Labute approximate surface area is 179 Å². The number of hydrogen-bond acceptors (Lipinski definition) is 4. The predicted octanol–water partition coefficient (Wildman–Crippen LogP) is 5.01. The number of piperidine rings is 1. The minimum atomic E-state index is -0.315. The number of aromatic amines is 1. The monoisotopic (exact) mass is 415 g/mol. The van der Waals surface area contributed by atoms with Gasteiger partial charge in [-0.05, 0) is 73.9 Å². The number of pyridine rings is 1. The minimum Gasteiger partial charge on any atom is -0.372 e. The highest BCUT2D eigenvalue weighted by Gasteiger charge is 2.16. The van der Waals surface area contributed by atoms with Crippen molar-refractivity contribution in [3.05, 3.63) is 72.2 Å². The van der Waals surface area contributed by atoms with Gasteiger partial charge in [-0.15, -0.1) is 0 Å². The molecule has 3 heterocycles. The second-order valence-corrected chi connectivity index (χ2v) is 7.70. The Balaban J connectivity index is 1.37. The molecule has 6 nitrogen and oxygen atoms in total. The maximum atomic E-state index is 13.2. The lowest BCUT2D eigenvalue weighted by Crippen LogP contribution is -2.29. The van der Waals surface area contributed by atoms with Crippen LogP contribution in [0.1, 0.15) is 29.6 Å². The Bertz CT molecular complexity index is 1210. The van der Waals surface area contributed by atoms with E-state index >= 15 is 0 Å². The van der Waals surface area contributed by atoms with Gasteiger partial charge in [0.15, 0.2) is 5.65 Å². The summed E-state index contributed by atoms with van der Waals surface area (Å²) < 4.78 is 13.2. The van der Waals surface area contributed by atoms with E-state index in [9.17, 15) is 9.18 Å². The van der Waals surface area contributed by atoms with Crippen LogP contribution in [-0.4, -0.2) is 33.9 Å². The van der Waals surface area contributed by atoms with Crippen molar-refractivity contribution in [1.29, 1.82) is 0 Å². The van der Waals surface area contributed by atoms with E-state index in [2.05, 4.69) is 25.2 Å². The number of aromatic nitrogens is 3. The summed E-state index contributed by atoms with van der Waals surface area (Å²) in [4.78, 5) is 27.2. The van der Waals surface area contributed by atoms with Crippen LogP contribution >= 0.6 is 0 Å². The Morgan fingerprint density at radius 1 is 0.968 bits per heavy atom. The van der Waals surface area contributed by atoms with Crippen LogP contribution in [0.5, 0.6) is 0 Å². The molecule has 31 heavy (non-hydrogen) atoms. The van der Waals surface area contributed by atoms with E-state index in [0.29, 0.717) is 22.6 Å². The van der Waals surface area contributed by atoms with Gasteiger partial charge in [-0.1, -0.05) is 0 Å². The molecule has 1 saturated heterocycles. The molecule has 4 aromatic rings. The number of hydrogen-bond donors (Lipinski definition) is 2. The van der Waals surface area contributed by atoms with Crippen LogP contribution < -0.4 is 10.2 Å². The molecule has 0 saturated carbocycles. The number of nitrogens with one attached hydrogen (secondary N) is 2. The zero-order chi connectivity index (χ0) is 21.2. The molecule has 2 aromatic carbocycles. The van der Waals surface area contributed by atoms with Gasteiger partial charge in [0.25, 0.3) is 5.91 Å². The van der Waals surface area contributed by atoms with E-state index < -0.39 is 0 Å². The fourth-order valence-corrected chi connectivity index (χ4v) is 3.95. The number of halogens is 1. The van der Waals surface area contributed by atoms with Crippen molar-refractivity contribution in [3.63, 3.8) is 0 Å². The second-order valence-electron chi connectivity index (χ2n) is 7.70. The number of benzene rings is 2. The molecule has 5 rings (SSSR count). The van der Waals surface area contributed by atoms with Crippen LogP contribution in [0.2, 0.25) is 0 Å². The zero-order valence-corrected chi connectivity index (χ0v) is 16.9. The number of H-pyrrole nitrogens is 1. The molecule has 0 aliphatic carbocycles. The molecular weight excluding hydrogens is 393 g/mol. The molecule has 0 bridgehead atoms. The molecular formula is C24H22FN5O. The van der Waals surface area contributed by atoms with Crippen LogP contribution in [0.25, 0.3) is 22.6 Å². The van der Waals surface area contributed by atoms with Crippen molar-refractivity contribution >= 4 is 28.4 Å². The molecule has 1 aliphatic heterocycles. The maximum absolute atomic E-state index is 13.2. The highest BCUT2D eigenvalue weighted by molar-refractivity contribution is 6.11. The molecule has 1 amide bonds. The summed E-state index contributed by atoms with van der Waals surface area (Å²) in [6.07, 6.45) is 5.30. The first-order chi connectivity index (χ1) is 15.2. The lowest BCUT2D eigenvalue weighted by atomic mass is 10.1. The van der Waals surface area contributed by atoms with Gasteiger partial charge in [-0.3, -0.25) is 4.79 Å². The first-order valence-corrected chi connectivity index (χ1v) is 10.4. The molecule has 1 aliphatic rings. The summed E-state index contributed by atoms with van der Waals surface area (Å²) in [5, 5.41) is 2.95. The lowest BCUT2D eigenvalue weighted by Gasteiger charge is -2.28. The highest BCUT2D eigenvalue weighted by atomic mass is 19.1. The molecule has 156 valence electrons. The molecule has 1 fully saturated rings. The molecule has 7 heteroatoms. The summed E-state index contributed by atoms with van der Waals surface area (Å²) in [5.41, 5.74) is 4.07. The fourth-order valence-electron chi connectivity index (χ4n) is 3.95. The number of anilines is 2. The average molecular weight is 415 g/mol. The summed E-state index contributed by atoms with van der Waals surface area (Å²) >= 11 is 0. The van der Waals surface area contributed by atoms with Gasteiger partial charge < -0.3 is 15.2 Å². The Morgan fingerprint density at radius 2 is 1.71 bits per heavy atom. The van der Waals surface area contributed by atoms with Crippen molar-refractivity contribution < 1.29 is 9.18 Å². The number of amides is 1. The van der Waals surface area contributed by atoms with Crippen LogP contribution in [0.4, 0.5) is 15.8 Å². The van der Waals surface area contributed by atoms with Crippen LogP contribution in [0, 0.1) is 5.82 Å². The van der Waals surface area contributed by atoms with E-state index in [1.54, 1.807) is 24.4 Å². The zero-order valence-electron chi connectivity index (χ0n) is 16.9. The van der Waals surface area contributed by atoms with Crippen molar-refractivity contribution in [3.8, 4) is 11.4 Å². The minimum absolute atomic E-state index is 0.243. The second kappa shape index (κ2) is 8.18. The van der Waals surface area contributed by atoms with E-state index in [1.807, 2.05) is 24.3 Å². The third-order valence-corrected chi connectivity index (χ3v) is 5.60. The molecule has 0 radical (unpaired) electrons. The number of carbonyl (C=O) groups excluding carboxylic acids is 1. The number of nitrogens with zero attached hydrogens (tertiary/aromatic N) is 3. The molecule has 2 N–H and O–H groups in total. The molecule has 0 unspecified atom stereocenters. The predicted molar refractivity (Wildman–Crippen MR) is 120 cm³/mol. The van der Waals surface area contributed by atoms with Gasteiger partial charge in [-0.25, -0.2) is 14.4 Å². The standard InChI is InChI=1S/C24H22FN5O/c25-17-6-4-16(5-7-17)22-28-21-20(12-13-26-23(21)29-22)24(31)27-18-8-10-19(11-9-18)30-14-2-1-3-15-30/h4-13H,1-3,14-15H2,(H,27,31)(H,26,28,29). The third-order valence-electron chi connectivity index (χ3n) is 5.60. The normalized spacial score (nSPS) is 14.0. The Morgan fingerprint density at radius 3 is 2.45 bits per heavy atom. The topological polar surface area (TPSA) is 73.9 Å². The largest absolute Gasteiger partial charge is 0.372 e. The van der Waals surface area contributed by atoms with Crippen molar-refractivity contribution in [1.82, 2.24) is 15.0 Å². The van der Waals surface area contributed by atoms with E-state index in [0.717, 1.165) is 24.3 Å². The van der Waals surface area contributed by atoms with Gasteiger partial charge in [0, 0.05) is 36.2 Å². The van der Waals surface area contributed by atoms with Crippen LogP contribution in [-0.2, 0) is 0 Å². The molecule has 2 aromatic heterocycles. The lowest BCUT2D eigenvalue weighted by molar-refractivity contribution is 0.102. The SMILES string of the molecule is O=C(Nc1ccc(N2CCCCC2)cc1)c1ccnc2nc(-c3ccc(F)cc3)[nH]c12. The Hall–Kier alpha value is -3.74. The quantitative estimate of drug-likeness (QED) is 0.492. The van der Waals surface area contributed by atoms with Gasteiger partial charge in [0.2, 0.25) is 0 Å². The van der Waals surface area contributed by atoms with Gasteiger partial charge >= 0.3 is 0 Å². The summed E-state index contributed by atoms with van der Waals surface area (Å²) in [6, 6.07) is 15.6. The van der Waals surface area contributed by atoms with Gasteiger partial charge in [-0.2, -0.15) is 0 Å². The maximum Gasteiger partial charge on any atom is 0.257 e. The van der Waals surface area contributed by atoms with Crippen molar-refractivity contribution in [2.24, 2.45) is 0 Å². The average Bonchev–Trinajstić information content (AvgIpc) is 3.25. The smallest absolute Gasteiger partial charge is 0.257 e. The Kier molecular flexibility index (Phi) is 5.08. The number of rotatable bonds is 4. The summed E-state index contributed by atoms with van der Waals surface area (Å²) in [7, 11) is 0. The van der Waals surface area contributed by atoms with Gasteiger partial charge in [0.1, 0.15) is 11.6 Å². The summed E-state index contributed by atoms with van der Waals surface area (Å²) in [5.74, 6) is -0.0228. The highest BCUT2D eigenvalue weighted by Crippen LogP contribution is 2.24. The van der Waals surface area contributed by atoms with Crippen molar-refractivity contribution in [2.75, 3.05) is 23.3 Å². The summed E-state index contributed by atoms with van der Waals surface area (Å²) in [6.45, 7) is 2.16. The van der Waals surface area contributed by atoms with Crippen LogP contribution in [0.15, 0.2) is 60.8 Å². The van der Waals surface area contributed by atoms with E-state index in [4.69, 9.17) is 0 Å². The van der Waals surface area contributed by atoms with Crippen LogP contribution in [0.3, 0.4) is 0 Å². The first kappa shape index (κ1) is 19.2. The van der Waals surface area contributed by atoms with E-state index in [-0.39, 0.29) is 11.7 Å². The molecule has 0 atom stereocenters. The number of imidazole rings is 1.